The van der Waals surface area contributed by atoms with E-state index >= 15 is 0 Å². The Labute approximate surface area is 143 Å². The van der Waals surface area contributed by atoms with E-state index in [0.29, 0.717) is 34.5 Å². The van der Waals surface area contributed by atoms with Gasteiger partial charge in [0, 0.05) is 11.4 Å². The molecule has 0 unspecified atom stereocenters. The highest BCUT2D eigenvalue weighted by atomic mass is 35.5. The first-order chi connectivity index (χ1) is 11.7. The first-order valence-electron chi connectivity index (χ1n) is 7.42. The molecule has 2 aromatic rings. The fourth-order valence-electron chi connectivity index (χ4n) is 2.56. The van der Waals surface area contributed by atoms with Gasteiger partial charge in [0.15, 0.2) is 11.5 Å². The number of carbonyl (C=O) groups excluding carboxylic acids is 1. The number of benzene rings is 2. The zero-order valence-electron chi connectivity index (χ0n) is 12.6. The standard InChI is InChI=1S/C18H13ClN2O3/c19-13-4-1-11(2-5-13)9-17-20-14(18(22)21-17)7-12-3-6-15-16(8-12)24-10-23-15/h1-8H,9-10H2,(H,20,21,22)/b14-7+. The van der Waals surface area contributed by atoms with Crippen molar-refractivity contribution >= 4 is 29.4 Å². The van der Waals surface area contributed by atoms with Crippen molar-refractivity contribution in [2.24, 2.45) is 4.99 Å². The Bertz CT molecular complexity index is 872. The van der Waals surface area contributed by atoms with Gasteiger partial charge in [0.2, 0.25) is 6.79 Å². The van der Waals surface area contributed by atoms with Crippen LogP contribution in [0.4, 0.5) is 0 Å². The number of nitrogens with one attached hydrogen (secondary N) is 1. The summed E-state index contributed by atoms with van der Waals surface area (Å²) in [5.41, 5.74) is 2.24. The maximum absolute atomic E-state index is 12.1. The predicted molar refractivity (Wildman–Crippen MR) is 91.3 cm³/mol. The maximum Gasteiger partial charge on any atom is 0.275 e. The van der Waals surface area contributed by atoms with Gasteiger partial charge in [-0.15, -0.1) is 0 Å². The molecule has 0 radical (unpaired) electrons. The van der Waals surface area contributed by atoms with Crippen molar-refractivity contribution in [3.05, 3.63) is 64.3 Å². The minimum absolute atomic E-state index is 0.211. The van der Waals surface area contributed by atoms with E-state index in [1.54, 1.807) is 6.08 Å². The van der Waals surface area contributed by atoms with Crippen LogP contribution in [0.2, 0.25) is 5.02 Å². The number of aliphatic imine (C=N–C) groups is 1. The Kier molecular flexibility index (Phi) is 3.70. The summed E-state index contributed by atoms with van der Waals surface area (Å²) in [6.45, 7) is 0.221. The Morgan fingerprint density at radius 3 is 2.75 bits per heavy atom. The van der Waals surface area contributed by atoms with Crippen molar-refractivity contribution in [2.45, 2.75) is 6.42 Å². The maximum atomic E-state index is 12.1. The van der Waals surface area contributed by atoms with Gasteiger partial charge in [0.1, 0.15) is 11.5 Å². The highest BCUT2D eigenvalue weighted by molar-refractivity contribution is 6.30. The second-order valence-corrected chi connectivity index (χ2v) is 5.89. The largest absolute Gasteiger partial charge is 0.454 e. The number of rotatable bonds is 3. The van der Waals surface area contributed by atoms with Gasteiger partial charge in [-0.3, -0.25) is 4.79 Å². The molecule has 0 fully saturated rings. The third-order valence-electron chi connectivity index (χ3n) is 3.73. The summed E-state index contributed by atoms with van der Waals surface area (Å²) in [4.78, 5) is 16.5. The van der Waals surface area contributed by atoms with Crippen LogP contribution in [0.1, 0.15) is 11.1 Å². The average molecular weight is 341 g/mol. The van der Waals surface area contributed by atoms with Crippen LogP contribution >= 0.6 is 11.6 Å². The molecule has 0 atom stereocenters. The zero-order valence-corrected chi connectivity index (χ0v) is 13.3. The van der Waals surface area contributed by atoms with Gasteiger partial charge in [0.25, 0.3) is 5.91 Å². The summed E-state index contributed by atoms with van der Waals surface area (Å²) in [6, 6.07) is 13.0. The third kappa shape index (κ3) is 2.98. The molecule has 2 heterocycles. The van der Waals surface area contributed by atoms with Crippen molar-refractivity contribution in [2.75, 3.05) is 6.79 Å². The number of carbonyl (C=O) groups is 1. The molecule has 0 bridgehead atoms. The molecule has 0 aromatic heterocycles. The monoisotopic (exact) mass is 340 g/mol. The van der Waals surface area contributed by atoms with E-state index in [9.17, 15) is 4.79 Å². The lowest BCUT2D eigenvalue weighted by Crippen LogP contribution is -2.25. The van der Waals surface area contributed by atoms with Gasteiger partial charge < -0.3 is 14.8 Å². The van der Waals surface area contributed by atoms with Crippen molar-refractivity contribution < 1.29 is 14.3 Å². The first kappa shape index (κ1) is 14.8. The summed E-state index contributed by atoms with van der Waals surface area (Å²) in [5, 5.41) is 3.47. The minimum atomic E-state index is -0.211. The minimum Gasteiger partial charge on any atom is -0.454 e. The predicted octanol–water partition coefficient (Wildman–Crippen LogP) is 3.18. The van der Waals surface area contributed by atoms with Crippen molar-refractivity contribution in [3.8, 4) is 11.5 Å². The van der Waals surface area contributed by atoms with Gasteiger partial charge in [-0.1, -0.05) is 29.8 Å². The molecular formula is C18H13ClN2O3. The van der Waals surface area contributed by atoms with Crippen LogP contribution in [-0.4, -0.2) is 18.5 Å². The molecule has 0 saturated heterocycles. The van der Waals surface area contributed by atoms with E-state index in [2.05, 4.69) is 10.3 Å². The van der Waals surface area contributed by atoms with Crippen molar-refractivity contribution in [1.29, 1.82) is 0 Å². The molecule has 2 aromatic carbocycles. The SMILES string of the molecule is O=C1NC(Cc2ccc(Cl)cc2)=N/C1=C/c1ccc2c(c1)OCO2. The molecule has 120 valence electrons. The molecular weight excluding hydrogens is 328 g/mol. The van der Waals surface area contributed by atoms with E-state index in [0.717, 1.165) is 11.1 Å². The van der Waals surface area contributed by atoms with Crippen LogP contribution in [-0.2, 0) is 11.2 Å². The smallest absolute Gasteiger partial charge is 0.275 e. The second kappa shape index (κ2) is 6.02. The van der Waals surface area contributed by atoms with Gasteiger partial charge in [0.05, 0.1) is 0 Å². The third-order valence-corrected chi connectivity index (χ3v) is 3.98. The van der Waals surface area contributed by atoms with Gasteiger partial charge >= 0.3 is 0 Å². The van der Waals surface area contributed by atoms with E-state index < -0.39 is 0 Å². The van der Waals surface area contributed by atoms with E-state index in [-0.39, 0.29) is 12.7 Å². The van der Waals surface area contributed by atoms with Gasteiger partial charge in [-0.25, -0.2) is 4.99 Å². The fraction of sp³-hybridized carbons (Fsp3) is 0.111. The number of hydrogen-bond donors (Lipinski definition) is 1. The lowest BCUT2D eigenvalue weighted by Gasteiger charge is -2.00. The van der Waals surface area contributed by atoms with Crippen LogP contribution in [0.3, 0.4) is 0 Å². The zero-order chi connectivity index (χ0) is 16.5. The van der Waals surface area contributed by atoms with E-state index in [1.807, 2.05) is 42.5 Å². The number of fused-ring (bicyclic) bond motifs is 1. The Morgan fingerprint density at radius 2 is 1.92 bits per heavy atom. The number of amides is 1. The topological polar surface area (TPSA) is 59.9 Å². The van der Waals surface area contributed by atoms with Gasteiger partial charge in [-0.2, -0.15) is 0 Å². The number of hydrogen-bond acceptors (Lipinski definition) is 4. The quantitative estimate of drug-likeness (QED) is 0.873. The normalized spacial score (nSPS) is 17.1. The summed E-state index contributed by atoms with van der Waals surface area (Å²) in [5.74, 6) is 1.79. The second-order valence-electron chi connectivity index (χ2n) is 5.46. The molecule has 2 aliphatic rings. The van der Waals surface area contributed by atoms with Crippen molar-refractivity contribution in [1.82, 2.24) is 5.32 Å². The molecule has 0 saturated carbocycles. The number of nitrogens with zero attached hydrogens (tertiary/aromatic N) is 1. The van der Waals surface area contributed by atoms with E-state index in [4.69, 9.17) is 21.1 Å². The molecule has 24 heavy (non-hydrogen) atoms. The lowest BCUT2D eigenvalue weighted by atomic mass is 10.1. The Morgan fingerprint density at radius 1 is 1.12 bits per heavy atom. The average Bonchev–Trinajstić information content (AvgIpc) is 3.16. The summed E-state index contributed by atoms with van der Waals surface area (Å²) in [7, 11) is 0. The lowest BCUT2D eigenvalue weighted by molar-refractivity contribution is -0.115. The summed E-state index contributed by atoms with van der Waals surface area (Å²) in [6.07, 6.45) is 2.27. The number of amidine groups is 1. The molecule has 2 aliphatic heterocycles. The van der Waals surface area contributed by atoms with Gasteiger partial charge in [-0.05, 0) is 41.5 Å². The van der Waals surface area contributed by atoms with Crippen LogP contribution in [0.5, 0.6) is 11.5 Å². The Balaban J connectivity index is 1.55. The molecule has 1 amide bonds. The van der Waals surface area contributed by atoms with Crippen LogP contribution in [0, 0.1) is 0 Å². The first-order valence-corrected chi connectivity index (χ1v) is 7.80. The number of ether oxygens (including phenoxy) is 2. The highest BCUT2D eigenvalue weighted by Crippen LogP contribution is 2.33. The van der Waals surface area contributed by atoms with E-state index in [1.165, 1.54) is 0 Å². The Hall–Kier alpha value is -2.79. The van der Waals surface area contributed by atoms with Crippen molar-refractivity contribution in [3.63, 3.8) is 0 Å². The summed E-state index contributed by atoms with van der Waals surface area (Å²) >= 11 is 5.88. The molecule has 0 spiro atoms. The van der Waals surface area contributed by atoms with Crippen LogP contribution in [0.25, 0.3) is 6.08 Å². The van der Waals surface area contributed by atoms with Crippen LogP contribution < -0.4 is 14.8 Å². The molecule has 6 heteroatoms. The molecule has 0 aliphatic carbocycles. The highest BCUT2D eigenvalue weighted by Gasteiger charge is 2.20. The molecule has 5 nitrogen and oxygen atoms in total. The fourth-order valence-corrected chi connectivity index (χ4v) is 2.68. The molecule has 1 N–H and O–H groups in total. The van der Waals surface area contributed by atoms with Crippen LogP contribution in [0.15, 0.2) is 53.2 Å². The number of halogens is 1. The summed E-state index contributed by atoms with van der Waals surface area (Å²) < 4.78 is 10.6. The molecule has 4 rings (SSSR count).